The number of aromatic nitrogens is 2. The van der Waals surface area contributed by atoms with E-state index in [9.17, 15) is 8.42 Å². The number of hydrogen-bond donors (Lipinski definition) is 1. The quantitative estimate of drug-likeness (QED) is 0.287. The summed E-state index contributed by atoms with van der Waals surface area (Å²) >= 11 is 0. The predicted octanol–water partition coefficient (Wildman–Crippen LogP) is 6.19. The van der Waals surface area contributed by atoms with Crippen LogP contribution in [0.4, 0.5) is 5.88 Å². The van der Waals surface area contributed by atoms with Gasteiger partial charge in [0.2, 0.25) is 5.88 Å². The summed E-state index contributed by atoms with van der Waals surface area (Å²) in [6.07, 6.45) is 0. The molecule has 0 fully saturated rings. The van der Waals surface area contributed by atoms with Crippen molar-refractivity contribution in [3.05, 3.63) is 101 Å². The molecule has 2 heterocycles. The summed E-state index contributed by atoms with van der Waals surface area (Å²) in [5.74, 6) is 0.899. The van der Waals surface area contributed by atoms with E-state index in [1.807, 2.05) is 67.6 Å². The maximum absolute atomic E-state index is 13.2. The number of ether oxygens (including phenoxy) is 1. The number of benzene rings is 3. The first-order valence-electron chi connectivity index (χ1n) is 11.4. The van der Waals surface area contributed by atoms with Crippen LogP contribution in [0.2, 0.25) is 0 Å². The van der Waals surface area contributed by atoms with Crippen LogP contribution in [0, 0.1) is 20.8 Å². The summed E-state index contributed by atoms with van der Waals surface area (Å²) in [5, 5.41) is 4.79. The highest BCUT2D eigenvalue weighted by Crippen LogP contribution is 2.31. The van der Waals surface area contributed by atoms with Gasteiger partial charge in [-0.3, -0.25) is 4.98 Å². The minimum atomic E-state index is -3.90. The molecule has 7 nitrogen and oxygen atoms in total. The molecule has 3 aromatic carbocycles. The van der Waals surface area contributed by atoms with Crippen molar-refractivity contribution in [2.45, 2.75) is 32.3 Å². The van der Waals surface area contributed by atoms with Crippen molar-refractivity contribution in [2.75, 3.05) is 4.72 Å². The Morgan fingerprint density at radius 3 is 2.39 bits per heavy atom. The molecule has 0 unspecified atom stereocenters. The predicted molar refractivity (Wildman–Crippen MR) is 139 cm³/mol. The monoisotopic (exact) mass is 499 g/mol. The van der Waals surface area contributed by atoms with Gasteiger partial charge < -0.3 is 9.26 Å². The van der Waals surface area contributed by atoms with E-state index >= 15 is 0 Å². The van der Waals surface area contributed by atoms with Crippen LogP contribution < -0.4 is 9.46 Å². The Morgan fingerprint density at radius 1 is 0.917 bits per heavy atom. The molecule has 0 aliphatic rings. The first-order chi connectivity index (χ1) is 17.3. The number of fused-ring (bicyclic) bond motifs is 1. The topological polar surface area (TPSA) is 94.3 Å². The SMILES string of the molecule is Cc1cc(OCc2ccc(-c3ccccc3S(=O)(=O)Nc3onc(C)c3C)cc2)c2ccccc2n1. The van der Waals surface area contributed by atoms with Gasteiger partial charge in [0.05, 0.1) is 16.1 Å². The van der Waals surface area contributed by atoms with Crippen molar-refractivity contribution in [3.63, 3.8) is 0 Å². The summed E-state index contributed by atoms with van der Waals surface area (Å²) in [6, 6.07) is 24.3. The second-order valence-electron chi connectivity index (χ2n) is 8.59. The highest BCUT2D eigenvalue weighted by molar-refractivity contribution is 7.92. The third-order valence-corrected chi connectivity index (χ3v) is 7.42. The molecule has 0 aliphatic carbocycles. The van der Waals surface area contributed by atoms with Crippen LogP contribution in [0.3, 0.4) is 0 Å². The van der Waals surface area contributed by atoms with Crippen molar-refractivity contribution in [3.8, 4) is 16.9 Å². The molecule has 0 amide bonds. The van der Waals surface area contributed by atoms with Crippen molar-refractivity contribution < 1.29 is 17.7 Å². The van der Waals surface area contributed by atoms with Crippen LogP contribution in [0.1, 0.15) is 22.5 Å². The molecule has 8 heteroatoms. The van der Waals surface area contributed by atoms with Gasteiger partial charge in [-0.25, -0.2) is 13.1 Å². The fourth-order valence-corrected chi connectivity index (χ4v) is 5.23. The van der Waals surface area contributed by atoms with Crippen LogP contribution in [0.5, 0.6) is 5.75 Å². The molecule has 0 spiro atoms. The molecular weight excluding hydrogens is 474 g/mol. The Balaban J connectivity index is 1.38. The van der Waals surface area contributed by atoms with E-state index in [1.165, 1.54) is 0 Å². The molecule has 0 atom stereocenters. The van der Waals surface area contributed by atoms with Crippen LogP contribution >= 0.6 is 0 Å². The maximum atomic E-state index is 13.2. The standard InChI is InChI=1S/C28H25N3O4S/c1-18-16-26(24-9-4-6-10-25(24)29-18)34-17-21-12-14-22(15-13-21)23-8-5-7-11-27(23)36(32,33)31-28-19(2)20(3)30-35-28/h4-16,31H,17H2,1-3H3. The van der Waals surface area contributed by atoms with Crippen LogP contribution in [0.25, 0.3) is 22.0 Å². The lowest BCUT2D eigenvalue weighted by molar-refractivity contribution is 0.309. The normalized spacial score (nSPS) is 11.5. The molecule has 0 bridgehead atoms. The Kier molecular flexibility index (Phi) is 6.20. The van der Waals surface area contributed by atoms with Crippen molar-refractivity contribution in [1.29, 1.82) is 0 Å². The number of nitrogens with one attached hydrogen (secondary N) is 1. The lowest BCUT2D eigenvalue weighted by atomic mass is 10.0. The average Bonchev–Trinajstić information content (AvgIpc) is 3.19. The first kappa shape index (κ1) is 23.6. The minimum absolute atomic E-state index is 0.119. The summed E-state index contributed by atoms with van der Waals surface area (Å²) in [7, 11) is -3.90. The van der Waals surface area contributed by atoms with Crippen molar-refractivity contribution >= 4 is 26.8 Å². The fraction of sp³-hybridized carbons (Fsp3) is 0.143. The van der Waals surface area contributed by atoms with Gasteiger partial charge in [-0.05, 0) is 50.1 Å². The summed E-state index contributed by atoms with van der Waals surface area (Å²) in [6.45, 7) is 5.83. The second-order valence-corrected chi connectivity index (χ2v) is 10.2. The largest absolute Gasteiger partial charge is 0.488 e. The van der Waals surface area contributed by atoms with Crippen molar-refractivity contribution in [2.24, 2.45) is 0 Å². The zero-order valence-electron chi connectivity index (χ0n) is 20.1. The van der Waals surface area contributed by atoms with Crippen LogP contribution in [0.15, 0.2) is 88.3 Å². The molecule has 5 aromatic rings. The molecule has 0 saturated heterocycles. The Hall–Kier alpha value is -4.17. The number of hydrogen-bond acceptors (Lipinski definition) is 6. The molecule has 1 N–H and O–H groups in total. The molecule has 0 saturated carbocycles. The van der Waals surface area contributed by atoms with Crippen molar-refractivity contribution in [1.82, 2.24) is 10.1 Å². The summed E-state index contributed by atoms with van der Waals surface area (Å²) in [5.41, 5.74) is 5.39. The lowest BCUT2D eigenvalue weighted by Crippen LogP contribution is -2.14. The lowest BCUT2D eigenvalue weighted by Gasteiger charge is -2.13. The molecule has 0 aliphatic heterocycles. The molecule has 5 rings (SSSR count). The highest BCUT2D eigenvalue weighted by atomic mass is 32.2. The number of anilines is 1. The molecule has 0 radical (unpaired) electrons. The Bertz CT molecular complexity index is 1660. The van der Waals surface area contributed by atoms with E-state index in [4.69, 9.17) is 9.26 Å². The third kappa shape index (κ3) is 4.67. The number of sulfonamides is 1. The minimum Gasteiger partial charge on any atom is -0.488 e. The number of aryl methyl sites for hydroxylation is 2. The third-order valence-electron chi connectivity index (χ3n) is 6.03. The van der Waals surface area contributed by atoms with Gasteiger partial charge in [-0.15, -0.1) is 0 Å². The van der Waals surface area contributed by atoms with Gasteiger partial charge in [-0.2, -0.15) is 0 Å². The van der Waals surface area contributed by atoms with E-state index in [-0.39, 0.29) is 10.8 Å². The highest BCUT2D eigenvalue weighted by Gasteiger charge is 2.22. The van der Waals surface area contributed by atoms with Gasteiger partial charge in [0.25, 0.3) is 10.0 Å². The van der Waals surface area contributed by atoms with Gasteiger partial charge >= 0.3 is 0 Å². The molecule has 36 heavy (non-hydrogen) atoms. The first-order valence-corrected chi connectivity index (χ1v) is 12.9. The summed E-state index contributed by atoms with van der Waals surface area (Å²) < 4.78 is 40.2. The van der Waals surface area contributed by atoms with Gasteiger partial charge in [0.15, 0.2) is 0 Å². The van der Waals surface area contributed by atoms with E-state index in [0.29, 0.717) is 23.4 Å². The van der Waals surface area contributed by atoms with Gasteiger partial charge in [0.1, 0.15) is 12.4 Å². The van der Waals surface area contributed by atoms with E-state index in [2.05, 4.69) is 14.9 Å². The number of para-hydroxylation sites is 1. The van der Waals surface area contributed by atoms with E-state index in [1.54, 1.807) is 32.0 Å². The van der Waals surface area contributed by atoms with E-state index < -0.39 is 10.0 Å². The number of rotatable bonds is 7. The molecule has 182 valence electrons. The van der Waals surface area contributed by atoms with E-state index in [0.717, 1.165) is 33.5 Å². The van der Waals surface area contributed by atoms with Crippen LogP contribution in [-0.2, 0) is 16.6 Å². The fourth-order valence-electron chi connectivity index (χ4n) is 3.96. The number of nitrogens with zero attached hydrogens (tertiary/aromatic N) is 2. The smallest absolute Gasteiger partial charge is 0.264 e. The van der Waals surface area contributed by atoms with Crippen LogP contribution in [-0.4, -0.2) is 18.6 Å². The maximum Gasteiger partial charge on any atom is 0.264 e. The average molecular weight is 500 g/mol. The summed E-state index contributed by atoms with van der Waals surface area (Å²) in [4.78, 5) is 4.71. The van der Waals surface area contributed by atoms with Gasteiger partial charge in [-0.1, -0.05) is 59.8 Å². The Labute approximate surface area is 209 Å². The zero-order valence-corrected chi connectivity index (χ0v) is 21.0. The van der Waals surface area contributed by atoms with Gasteiger partial charge in [0, 0.05) is 28.3 Å². The molecule has 2 aromatic heterocycles. The number of pyridine rings is 1. The zero-order chi connectivity index (χ0) is 25.3. The Morgan fingerprint density at radius 2 is 1.64 bits per heavy atom. The molecular formula is C28H25N3O4S. The second kappa shape index (κ2) is 9.47.